The van der Waals surface area contributed by atoms with Gasteiger partial charge in [-0.3, -0.25) is 9.59 Å². The lowest BCUT2D eigenvalue weighted by atomic mass is 9.85. The zero-order valence-corrected chi connectivity index (χ0v) is 11.2. The molecular weight excluding hydrogens is 266 g/mol. The van der Waals surface area contributed by atoms with Gasteiger partial charge in [-0.25, -0.2) is 4.90 Å². The second-order valence-corrected chi connectivity index (χ2v) is 6.13. The minimum Gasteiger partial charge on any atom is -0.462 e. The van der Waals surface area contributed by atoms with Crippen molar-refractivity contribution in [1.82, 2.24) is 0 Å². The van der Waals surface area contributed by atoms with Gasteiger partial charge in [0, 0.05) is 5.39 Å². The molecule has 3 aliphatic rings. The molecule has 2 amide bonds. The van der Waals surface area contributed by atoms with E-state index < -0.39 is 0 Å². The maximum Gasteiger partial charge on any atom is 0.238 e. The molecule has 2 bridgehead atoms. The van der Waals surface area contributed by atoms with Gasteiger partial charge in [-0.1, -0.05) is 24.3 Å². The number of imide groups is 1. The summed E-state index contributed by atoms with van der Waals surface area (Å²) in [5.74, 6) is 0.0170. The summed E-state index contributed by atoms with van der Waals surface area (Å²) in [7, 11) is 0. The number of carbonyl (C=O) groups is 2. The van der Waals surface area contributed by atoms with Gasteiger partial charge in [0.2, 0.25) is 11.8 Å². The largest absolute Gasteiger partial charge is 0.462 e. The van der Waals surface area contributed by atoms with E-state index in [4.69, 9.17) is 4.42 Å². The number of allylic oxidation sites excluding steroid dienone is 2. The van der Waals surface area contributed by atoms with Crippen molar-refractivity contribution in [3.05, 3.63) is 42.7 Å². The zero-order chi connectivity index (χ0) is 14.1. The van der Waals surface area contributed by atoms with Crippen LogP contribution in [0.1, 0.15) is 6.42 Å². The fourth-order valence-electron chi connectivity index (χ4n) is 4.28. The van der Waals surface area contributed by atoms with Crippen molar-refractivity contribution in [2.45, 2.75) is 6.42 Å². The van der Waals surface area contributed by atoms with E-state index in [0.29, 0.717) is 11.3 Å². The van der Waals surface area contributed by atoms with Crippen LogP contribution in [0.2, 0.25) is 0 Å². The van der Waals surface area contributed by atoms with Gasteiger partial charge in [0.25, 0.3) is 0 Å². The first-order valence-corrected chi connectivity index (χ1v) is 7.28. The molecule has 1 aromatic carbocycles. The second-order valence-electron chi connectivity index (χ2n) is 6.13. The minimum atomic E-state index is -0.166. The summed E-state index contributed by atoms with van der Waals surface area (Å²) in [5.41, 5.74) is 1.29. The van der Waals surface area contributed by atoms with Crippen LogP contribution in [0, 0.1) is 23.7 Å². The molecule has 1 aromatic heterocycles. The van der Waals surface area contributed by atoms with Crippen molar-refractivity contribution >= 4 is 28.5 Å². The summed E-state index contributed by atoms with van der Waals surface area (Å²) in [6.45, 7) is 0. The highest BCUT2D eigenvalue weighted by atomic mass is 16.3. The van der Waals surface area contributed by atoms with E-state index in [-0.39, 0.29) is 35.5 Å². The smallest absolute Gasteiger partial charge is 0.238 e. The average molecular weight is 279 g/mol. The standard InChI is InChI=1S/C17H13NO3/c19-16-14-9-5-6-10(7-9)15(14)17(20)18(16)12-8-21-13-4-2-1-3-11(12)13/h1-6,8-10,14-15H,7H2. The first-order chi connectivity index (χ1) is 10.3. The lowest BCUT2D eigenvalue weighted by Crippen LogP contribution is -2.32. The molecule has 4 atom stereocenters. The van der Waals surface area contributed by atoms with Crippen molar-refractivity contribution in [3.63, 3.8) is 0 Å². The monoisotopic (exact) mass is 279 g/mol. The van der Waals surface area contributed by atoms with E-state index in [1.165, 1.54) is 11.2 Å². The predicted molar refractivity (Wildman–Crippen MR) is 76.4 cm³/mol. The molecule has 21 heavy (non-hydrogen) atoms. The number of anilines is 1. The van der Waals surface area contributed by atoms with E-state index in [0.717, 1.165) is 11.8 Å². The number of nitrogens with zero attached hydrogens (tertiary/aromatic N) is 1. The molecule has 4 unspecified atom stereocenters. The molecule has 2 fully saturated rings. The summed E-state index contributed by atoms with van der Waals surface area (Å²) in [4.78, 5) is 26.9. The van der Waals surface area contributed by atoms with E-state index in [1.807, 2.05) is 24.3 Å². The highest BCUT2D eigenvalue weighted by molar-refractivity contribution is 6.25. The third kappa shape index (κ3) is 1.25. The summed E-state index contributed by atoms with van der Waals surface area (Å²) in [6, 6.07) is 7.49. The molecular formula is C17H13NO3. The lowest BCUT2D eigenvalue weighted by Gasteiger charge is -2.15. The molecule has 1 aliphatic heterocycles. The first-order valence-electron chi connectivity index (χ1n) is 7.28. The van der Waals surface area contributed by atoms with Crippen molar-refractivity contribution in [2.24, 2.45) is 23.7 Å². The lowest BCUT2D eigenvalue weighted by molar-refractivity contribution is -0.123. The number of hydrogen-bond donors (Lipinski definition) is 0. The third-order valence-electron chi connectivity index (χ3n) is 5.17. The van der Waals surface area contributed by atoms with Crippen LogP contribution in [-0.4, -0.2) is 11.8 Å². The Morgan fingerprint density at radius 1 is 1.00 bits per heavy atom. The Kier molecular flexibility index (Phi) is 1.96. The van der Waals surface area contributed by atoms with Gasteiger partial charge in [-0.05, 0) is 30.4 Å². The normalized spacial score (nSPS) is 33.4. The quantitative estimate of drug-likeness (QED) is 0.595. The van der Waals surface area contributed by atoms with Crippen molar-refractivity contribution < 1.29 is 14.0 Å². The van der Waals surface area contributed by atoms with Crippen LogP contribution in [0.15, 0.2) is 47.1 Å². The zero-order valence-electron chi connectivity index (χ0n) is 11.2. The van der Waals surface area contributed by atoms with Crippen LogP contribution in [0.3, 0.4) is 0 Å². The summed E-state index contributed by atoms with van der Waals surface area (Å²) < 4.78 is 5.49. The summed E-state index contributed by atoms with van der Waals surface area (Å²) in [5, 5.41) is 0.819. The molecule has 2 heterocycles. The Bertz CT molecular complexity index is 788. The highest BCUT2D eigenvalue weighted by Gasteiger charge is 2.59. The Labute approximate surface area is 121 Å². The number of amides is 2. The molecule has 0 spiro atoms. The van der Waals surface area contributed by atoms with E-state index in [9.17, 15) is 9.59 Å². The van der Waals surface area contributed by atoms with Crippen LogP contribution in [0.4, 0.5) is 5.69 Å². The molecule has 0 radical (unpaired) electrons. The van der Waals surface area contributed by atoms with Gasteiger partial charge < -0.3 is 4.42 Å². The SMILES string of the molecule is O=C1C2C3C=CC(C3)C2C(=O)N1c1coc2ccccc12. The fraction of sp³-hybridized carbons (Fsp3) is 0.294. The molecule has 4 heteroatoms. The van der Waals surface area contributed by atoms with Crippen LogP contribution >= 0.6 is 0 Å². The maximum atomic E-state index is 12.8. The topological polar surface area (TPSA) is 50.5 Å². The Hall–Kier alpha value is -2.36. The molecule has 1 saturated heterocycles. The number of para-hydroxylation sites is 1. The number of rotatable bonds is 1. The average Bonchev–Trinajstić information content (AvgIpc) is 3.23. The number of carbonyl (C=O) groups excluding carboxylic acids is 2. The van der Waals surface area contributed by atoms with E-state index in [1.54, 1.807) is 0 Å². The molecule has 5 rings (SSSR count). The fourth-order valence-corrected chi connectivity index (χ4v) is 4.28. The van der Waals surface area contributed by atoms with E-state index >= 15 is 0 Å². The number of benzene rings is 1. The Balaban J connectivity index is 1.65. The number of fused-ring (bicyclic) bond motifs is 6. The Morgan fingerprint density at radius 2 is 1.67 bits per heavy atom. The van der Waals surface area contributed by atoms with Crippen LogP contribution in [0.25, 0.3) is 11.0 Å². The van der Waals surface area contributed by atoms with Crippen molar-refractivity contribution in [1.29, 1.82) is 0 Å². The molecule has 2 aromatic rings. The molecule has 4 nitrogen and oxygen atoms in total. The number of hydrogen-bond acceptors (Lipinski definition) is 3. The van der Waals surface area contributed by atoms with Gasteiger partial charge >= 0.3 is 0 Å². The molecule has 104 valence electrons. The number of furan rings is 1. The van der Waals surface area contributed by atoms with Gasteiger partial charge in [0.15, 0.2) is 0 Å². The molecule has 2 aliphatic carbocycles. The van der Waals surface area contributed by atoms with Gasteiger partial charge in [-0.2, -0.15) is 0 Å². The maximum absolute atomic E-state index is 12.8. The van der Waals surface area contributed by atoms with Crippen molar-refractivity contribution in [3.8, 4) is 0 Å². The van der Waals surface area contributed by atoms with Gasteiger partial charge in [-0.15, -0.1) is 0 Å². The second kappa shape index (κ2) is 3.64. The minimum absolute atomic E-state index is 0.0617. The third-order valence-corrected chi connectivity index (χ3v) is 5.17. The van der Waals surface area contributed by atoms with E-state index in [2.05, 4.69) is 12.2 Å². The predicted octanol–water partition coefficient (Wildman–Crippen LogP) is 2.74. The first kappa shape index (κ1) is 11.3. The van der Waals surface area contributed by atoms with Gasteiger partial charge in [0.05, 0.1) is 17.5 Å². The highest BCUT2D eigenvalue weighted by Crippen LogP contribution is 2.53. The van der Waals surface area contributed by atoms with Gasteiger partial charge in [0.1, 0.15) is 11.8 Å². The summed E-state index contributed by atoms with van der Waals surface area (Å²) >= 11 is 0. The molecule has 0 N–H and O–H groups in total. The van der Waals surface area contributed by atoms with Crippen LogP contribution in [-0.2, 0) is 9.59 Å². The van der Waals surface area contributed by atoms with Crippen LogP contribution in [0.5, 0.6) is 0 Å². The van der Waals surface area contributed by atoms with Crippen LogP contribution < -0.4 is 4.90 Å². The Morgan fingerprint density at radius 3 is 2.38 bits per heavy atom. The van der Waals surface area contributed by atoms with Crippen molar-refractivity contribution in [2.75, 3.05) is 4.90 Å². The molecule has 1 saturated carbocycles. The summed E-state index contributed by atoms with van der Waals surface area (Å²) in [6.07, 6.45) is 6.69.